The summed E-state index contributed by atoms with van der Waals surface area (Å²) in [7, 11) is 0. The third-order valence-corrected chi connectivity index (χ3v) is 4.01. The van der Waals surface area contributed by atoms with E-state index in [0.29, 0.717) is 17.5 Å². The molecule has 0 saturated carbocycles. The van der Waals surface area contributed by atoms with Crippen LogP contribution in [0.4, 0.5) is 5.69 Å². The van der Waals surface area contributed by atoms with Crippen LogP contribution in [0.25, 0.3) is 0 Å². The molecule has 0 atom stereocenters. The van der Waals surface area contributed by atoms with Crippen LogP contribution in [-0.4, -0.2) is 30.1 Å². The molecule has 0 radical (unpaired) electrons. The Morgan fingerprint density at radius 2 is 2.14 bits per heavy atom. The van der Waals surface area contributed by atoms with E-state index in [1.807, 2.05) is 12.3 Å². The minimum atomic E-state index is -0.560. The highest BCUT2D eigenvalue weighted by Gasteiger charge is 2.13. The smallest absolute Gasteiger partial charge is 0.305 e. The monoisotopic (exact) mass is 336 g/mol. The van der Waals surface area contributed by atoms with Crippen molar-refractivity contribution in [2.45, 2.75) is 23.7 Å². The van der Waals surface area contributed by atoms with Crippen molar-refractivity contribution in [2.75, 3.05) is 0 Å². The second-order valence-corrected chi connectivity index (χ2v) is 6.06. The molecular formula is C11H8N6O3S2. The molecule has 3 heterocycles. The van der Waals surface area contributed by atoms with E-state index in [2.05, 4.69) is 25.1 Å². The molecule has 0 aliphatic carbocycles. The zero-order valence-electron chi connectivity index (χ0n) is 11.2. The van der Waals surface area contributed by atoms with E-state index in [1.54, 1.807) is 11.3 Å². The summed E-state index contributed by atoms with van der Waals surface area (Å²) in [6.07, 6.45) is 2.72. The second kappa shape index (κ2) is 6.15. The quantitative estimate of drug-likeness (QED) is 0.392. The summed E-state index contributed by atoms with van der Waals surface area (Å²) in [5.41, 5.74) is 0.698. The van der Waals surface area contributed by atoms with Gasteiger partial charge in [-0.25, -0.2) is 15.0 Å². The van der Waals surface area contributed by atoms with Crippen molar-refractivity contribution >= 4 is 28.8 Å². The highest BCUT2D eigenvalue weighted by molar-refractivity contribution is 7.98. The lowest BCUT2D eigenvalue weighted by atomic mass is 10.3. The van der Waals surface area contributed by atoms with Crippen molar-refractivity contribution in [3.05, 3.63) is 44.5 Å². The number of nitro groups is 1. The molecule has 3 aromatic rings. The number of nitrogens with zero attached hydrogens (tertiary/aromatic N) is 6. The summed E-state index contributed by atoms with van der Waals surface area (Å²) in [4.78, 5) is 22.0. The third-order valence-electron chi connectivity index (χ3n) is 2.45. The van der Waals surface area contributed by atoms with Crippen LogP contribution < -0.4 is 0 Å². The van der Waals surface area contributed by atoms with Gasteiger partial charge in [0.15, 0.2) is 5.16 Å². The first-order chi connectivity index (χ1) is 10.6. The number of aryl methyl sites for hydroxylation is 1. The Kier molecular flexibility index (Phi) is 4.06. The van der Waals surface area contributed by atoms with E-state index in [9.17, 15) is 10.1 Å². The van der Waals surface area contributed by atoms with Gasteiger partial charge in [0.05, 0.1) is 22.0 Å². The maximum absolute atomic E-state index is 10.5. The Balaban J connectivity index is 1.67. The van der Waals surface area contributed by atoms with Gasteiger partial charge in [-0.15, -0.1) is 21.5 Å². The number of hydrogen-bond donors (Lipinski definition) is 0. The Morgan fingerprint density at radius 1 is 1.36 bits per heavy atom. The molecule has 3 rings (SSSR count). The van der Waals surface area contributed by atoms with E-state index in [4.69, 9.17) is 4.42 Å². The van der Waals surface area contributed by atoms with E-state index >= 15 is 0 Å². The first-order valence-corrected chi connectivity index (χ1v) is 7.67. The topological polar surface area (TPSA) is 121 Å². The van der Waals surface area contributed by atoms with Gasteiger partial charge in [0.25, 0.3) is 5.22 Å². The molecular weight excluding hydrogens is 328 g/mol. The molecule has 112 valence electrons. The summed E-state index contributed by atoms with van der Waals surface area (Å²) in [5, 5.41) is 21.8. The van der Waals surface area contributed by atoms with Crippen molar-refractivity contribution in [1.82, 2.24) is 25.1 Å². The minimum absolute atomic E-state index is 0.172. The van der Waals surface area contributed by atoms with Crippen LogP contribution in [0.2, 0.25) is 0 Å². The van der Waals surface area contributed by atoms with E-state index < -0.39 is 4.92 Å². The lowest BCUT2D eigenvalue weighted by molar-refractivity contribution is -0.385. The van der Waals surface area contributed by atoms with Crippen LogP contribution in [0, 0.1) is 17.0 Å². The Hall–Kier alpha value is -2.40. The molecule has 0 aliphatic rings. The summed E-state index contributed by atoms with van der Waals surface area (Å²) in [6.45, 7) is 1.93. The normalized spacial score (nSPS) is 10.8. The van der Waals surface area contributed by atoms with Crippen LogP contribution in [0.15, 0.2) is 32.6 Å². The first kappa shape index (κ1) is 14.5. The highest BCUT2D eigenvalue weighted by atomic mass is 32.2. The van der Waals surface area contributed by atoms with E-state index in [1.165, 1.54) is 0 Å². The molecule has 0 amide bonds. The number of hydrogen-bond acceptors (Lipinski definition) is 10. The maximum Gasteiger partial charge on any atom is 0.305 e. The zero-order chi connectivity index (χ0) is 15.5. The summed E-state index contributed by atoms with van der Waals surface area (Å²) in [6, 6.07) is 0. The fourth-order valence-electron chi connectivity index (χ4n) is 1.53. The molecule has 0 saturated heterocycles. The molecule has 0 N–H and O–H groups in total. The van der Waals surface area contributed by atoms with Crippen LogP contribution >= 0.6 is 23.1 Å². The van der Waals surface area contributed by atoms with Crippen molar-refractivity contribution in [3.63, 3.8) is 0 Å². The summed E-state index contributed by atoms with van der Waals surface area (Å²) in [5.74, 6) is 0.440. The molecule has 3 aromatic heterocycles. The van der Waals surface area contributed by atoms with Crippen LogP contribution in [-0.2, 0) is 6.42 Å². The highest BCUT2D eigenvalue weighted by Crippen LogP contribution is 2.24. The van der Waals surface area contributed by atoms with Gasteiger partial charge in [-0.1, -0.05) is 0 Å². The largest absolute Gasteiger partial charge is 0.415 e. The van der Waals surface area contributed by atoms with Crippen molar-refractivity contribution < 1.29 is 9.34 Å². The lowest BCUT2D eigenvalue weighted by Crippen LogP contribution is -1.92. The fraction of sp³-hybridized carbons (Fsp3) is 0.182. The molecule has 0 aliphatic heterocycles. The van der Waals surface area contributed by atoms with E-state index in [-0.39, 0.29) is 10.9 Å². The average Bonchev–Trinajstić information content (AvgIpc) is 3.09. The standard InChI is InChI=1S/C11H8N6O3S2/c1-6-14-7(5-21-6)2-9-15-16-11(20-9)22-10-12-3-8(4-13-10)17(18)19/h3-5H,2H2,1H3. The Morgan fingerprint density at radius 3 is 2.77 bits per heavy atom. The molecule has 0 aromatic carbocycles. The molecule has 0 unspecified atom stereocenters. The second-order valence-electron chi connectivity index (χ2n) is 4.08. The van der Waals surface area contributed by atoms with Crippen LogP contribution in [0.3, 0.4) is 0 Å². The fourth-order valence-corrected chi connectivity index (χ4v) is 2.73. The summed E-state index contributed by atoms with van der Waals surface area (Å²) >= 11 is 2.60. The van der Waals surface area contributed by atoms with Crippen molar-refractivity contribution in [2.24, 2.45) is 0 Å². The Labute approximate surface area is 132 Å². The average molecular weight is 336 g/mol. The Bertz CT molecular complexity index is 800. The SMILES string of the molecule is Cc1nc(Cc2nnc(Sc3ncc([N+](=O)[O-])cn3)o2)cs1. The van der Waals surface area contributed by atoms with Gasteiger partial charge in [-0.05, 0) is 6.92 Å². The maximum atomic E-state index is 10.5. The predicted octanol–water partition coefficient (Wildman–Crippen LogP) is 2.27. The van der Waals surface area contributed by atoms with Crippen LogP contribution in [0.1, 0.15) is 16.6 Å². The van der Waals surface area contributed by atoms with Gasteiger partial charge in [0.2, 0.25) is 5.89 Å². The minimum Gasteiger partial charge on any atom is -0.415 e. The molecule has 11 heteroatoms. The first-order valence-electron chi connectivity index (χ1n) is 5.98. The molecule has 22 heavy (non-hydrogen) atoms. The van der Waals surface area contributed by atoms with Gasteiger partial charge in [0.1, 0.15) is 12.4 Å². The lowest BCUT2D eigenvalue weighted by Gasteiger charge is -1.94. The number of rotatable bonds is 5. The van der Waals surface area contributed by atoms with Gasteiger partial charge in [-0.2, -0.15) is 0 Å². The van der Waals surface area contributed by atoms with Crippen LogP contribution in [0.5, 0.6) is 0 Å². The van der Waals surface area contributed by atoms with Gasteiger partial charge >= 0.3 is 5.69 Å². The number of aromatic nitrogens is 5. The molecule has 0 fully saturated rings. The van der Waals surface area contributed by atoms with E-state index in [0.717, 1.165) is 34.9 Å². The predicted molar refractivity (Wildman–Crippen MR) is 76.8 cm³/mol. The zero-order valence-corrected chi connectivity index (χ0v) is 12.8. The molecule has 0 spiro atoms. The van der Waals surface area contributed by atoms with Gasteiger partial charge < -0.3 is 4.42 Å². The summed E-state index contributed by atoms with van der Waals surface area (Å²) < 4.78 is 5.47. The van der Waals surface area contributed by atoms with Gasteiger partial charge in [-0.3, -0.25) is 10.1 Å². The number of thiazole rings is 1. The molecule has 0 bridgehead atoms. The van der Waals surface area contributed by atoms with Crippen molar-refractivity contribution in [3.8, 4) is 0 Å². The van der Waals surface area contributed by atoms with Crippen molar-refractivity contribution in [1.29, 1.82) is 0 Å². The molecule has 9 nitrogen and oxygen atoms in total. The third kappa shape index (κ3) is 3.43. The van der Waals surface area contributed by atoms with Gasteiger partial charge in [0, 0.05) is 17.1 Å².